The van der Waals surface area contributed by atoms with E-state index in [1.165, 1.54) is 11.3 Å². The molecule has 2 amide bonds. The largest absolute Gasteiger partial charge is 0.345 e. The number of hydrogen-bond acceptors (Lipinski definition) is 5. The molecule has 0 aliphatic heterocycles. The molecule has 3 rings (SSSR count). The van der Waals surface area contributed by atoms with Crippen molar-refractivity contribution in [3.63, 3.8) is 0 Å². The van der Waals surface area contributed by atoms with Crippen LogP contribution in [0.1, 0.15) is 66.0 Å². The highest BCUT2D eigenvalue weighted by molar-refractivity contribution is 7.15. The number of anilines is 1. The number of benzene rings is 2. The lowest BCUT2D eigenvalue weighted by molar-refractivity contribution is -0.116. The molecule has 1 heterocycles. The van der Waals surface area contributed by atoms with Gasteiger partial charge in [-0.25, -0.2) is 0 Å². The van der Waals surface area contributed by atoms with Crippen molar-refractivity contribution in [1.82, 2.24) is 15.5 Å². The Morgan fingerprint density at radius 3 is 2.35 bits per heavy atom. The molecule has 8 heteroatoms. The minimum absolute atomic E-state index is 0.0557. The number of halogens is 1. The van der Waals surface area contributed by atoms with Crippen LogP contribution in [0.25, 0.3) is 0 Å². The normalized spacial score (nSPS) is 11.9. The molecule has 0 aliphatic rings. The predicted octanol–water partition coefficient (Wildman–Crippen LogP) is 5.60. The Hall–Kier alpha value is -2.77. The van der Waals surface area contributed by atoms with Crippen LogP contribution in [0.2, 0.25) is 5.02 Å². The van der Waals surface area contributed by atoms with Crippen LogP contribution in [-0.2, 0) is 4.79 Å². The maximum Gasteiger partial charge on any atom is 0.253 e. The van der Waals surface area contributed by atoms with Crippen molar-refractivity contribution in [2.24, 2.45) is 0 Å². The molecule has 2 aromatic carbocycles. The van der Waals surface area contributed by atoms with Crippen molar-refractivity contribution in [2.75, 3.05) is 5.32 Å². The number of aromatic nitrogens is 2. The molecular formula is C23H25ClN4O2S. The first-order valence-electron chi connectivity index (χ1n) is 10.2. The second kappa shape index (κ2) is 11.0. The van der Waals surface area contributed by atoms with Gasteiger partial charge in [0.1, 0.15) is 5.01 Å². The van der Waals surface area contributed by atoms with Crippen molar-refractivity contribution in [1.29, 1.82) is 0 Å². The van der Waals surface area contributed by atoms with E-state index in [-0.39, 0.29) is 18.2 Å². The molecule has 1 atom stereocenters. The van der Waals surface area contributed by atoms with Gasteiger partial charge in [0.15, 0.2) is 0 Å². The van der Waals surface area contributed by atoms with Gasteiger partial charge in [-0.2, -0.15) is 0 Å². The number of rotatable bonds is 9. The monoisotopic (exact) mass is 456 g/mol. The molecular weight excluding hydrogens is 432 g/mol. The Labute approximate surface area is 191 Å². The molecule has 0 bridgehead atoms. The average molecular weight is 457 g/mol. The summed E-state index contributed by atoms with van der Waals surface area (Å²) in [7, 11) is 0. The highest BCUT2D eigenvalue weighted by Crippen LogP contribution is 2.28. The van der Waals surface area contributed by atoms with Crippen LogP contribution < -0.4 is 10.6 Å². The van der Waals surface area contributed by atoms with Gasteiger partial charge in [-0.3, -0.25) is 9.59 Å². The van der Waals surface area contributed by atoms with Crippen molar-refractivity contribution in [3.05, 3.63) is 75.8 Å². The summed E-state index contributed by atoms with van der Waals surface area (Å²) >= 11 is 7.55. The summed E-state index contributed by atoms with van der Waals surface area (Å²) in [5.41, 5.74) is 1.19. The van der Waals surface area contributed by atoms with Gasteiger partial charge in [0, 0.05) is 5.92 Å². The zero-order chi connectivity index (χ0) is 22.2. The standard InChI is InChI=1S/C23H25ClN4O2S/c1-3-15(4-2)22-27-28-23(31-22)26-20(29)14-19(16-10-6-5-7-11-16)25-21(30)17-12-8-9-13-18(17)24/h5-13,15,19H,3-4,14H2,1-2H3,(H,25,30)(H,26,28,29). The summed E-state index contributed by atoms with van der Waals surface area (Å²) in [6.07, 6.45) is 2.01. The third-order valence-corrected chi connectivity index (χ3v) is 6.37. The number of carbonyl (C=O) groups is 2. The predicted molar refractivity (Wildman–Crippen MR) is 125 cm³/mol. The van der Waals surface area contributed by atoms with Crippen LogP contribution in [0.4, 0.5) is 5.13 Å². The molecule has 6 nitrogen and oxygen atoms in total. The Balaban J connectivity index is 1.72. The molecule has 1 unspecified atom stereocenters. The SMILES string of the molecule is CCC(CC)c1nnc(NC(=O)CC(NC(=O)c2ccccc2Cl)c2ccccc2)s1. The van der Waals surface area contributed by atoms with Crippen molar-refractivity contribution >= 4 is 39.9 Å². The maximum absolute atomic E-state index is 12.8. The number of carbonyl (C=O) groups excluding carboxylic acids is 2. The van der Waals surface area contributed by atoms with E-state index in [9.17, 15) is 9.59 Å². The molecule has 162 valence electrons. The topological polar surface area (TPSA) is 84.0 Å². The van der Waals surface area contributed by atoms with E-state index in [1.807, 2.05) is 30.3 Å². The van der Waals surface area contributed by atoms with Gasteiger partial charge in [0.2, 0.25) is 11.0 Å². The summed E-state index contributed by atoms with van der Waals surface area (Å²) in [4.78, 5) is 25.5. The third kappa shape index (κ3) is 6.12. The number of amides is 2. The fraction of sp³-hybridized carbons (Fsp3) is 0.304. The van der Waals surface area contributed by atoms with Gasteiger partial charge in [-0.1, -0.05) is 79.2 Å². The molecule has 0 fully saturated rings. The smallest absolute Gasteiger partial charge is 0.253 e. The average Bonchev–Trinajstić information content (AvgIpc) is 3.23. The molecule has 3 aromatic rings. The van der Waals surface area contributed by atoms with Crippen LogP contribution in [0.3, 0.4) is 0 Å². The maximum atomic E-state index is 12.8. The summed E-state index contributed by atoms with van der Waals surface area (Å²) < 4.78 is 0. The van der Waals surface area contributed by atoms with Crippen LogP contribution >= 0.6 is 22.9 Å². The summed E-state index contributed by atoms with van der Waals surface area (Å²) in [6.45, 7) is 4.22. The minimum atomic E-state index is -0.517. The van der Waals surface area contributed by atoms with Crippen LogP contribution in [0, 0.1) is 0 Å². The van der Waals surface area contributed by atoms with Crippen molar-refractivity contribution in [3.8, 4) is 0 Å². The van der Waals surface area contributed by atoms with Gasteiger partial charge < -0.3 is 10.6 Å². The van der Waals surface area contributed by atoms with Gasteiger partial charge in [0.25, 0.3) is 5.91 Å². The molecule has 0 saturated heterocycles. The van der Waals surface area contributed by atoms with Crippen molar-refractivity contribution in [2.45, 2.75) is 45.1 Å². The Bertz CT molecular complexity index is 1020. The number of nitrogens with one attached hydrogen (secondary N) is 2. The molecule has 0 spiro atoms. The fourth-order valence-corrected chi connectivity index (χ4v) is 4.51. The molecule has 1 aromatic heterocycles. The zero-order valence-electron chi connectivity index (χ0n) is 17.5. The Morgan fingerprint density at radius 1 is 1.00 bits per heavy atom. The van der Waals surface area contributed by atoms with Crippen molar-refractivity contribution < 1.29 is 9.59 Å². The molecule has 0 saturated carbocycles. The lowest BCUT2D eigenvalue weighted by Crippen LogP contribution is -2.31. The zero-order valence-corrected chi connectivity index (χ0v) is 19.0. The fourth-order valence-electron chi connectivity index (χ4n) is 3.26. The van der Waals surface area contributed by atoms with E-state index in [0.29, 0.717) is 21.6 Å². The highest BCUT2D eigenvalue weighted by atomic mass is 35.5. The summed E-state index contributed by atoms with van der Waals surface area (Å²) in [5, 5.41) is 15.8. The first-order chi connectivity index (χ1) is 15.0. The second-order valence-electron chi connectivity index (χ2n) is 7.13. The van der Waals surface area contributed by atoms with Gasteiger partial charge >= 0.3 is 0 Å². The quantitative estimate of drug-likeness (QED) is 0.439. The number of hydrogen-bond donors (Lipinski definition) is 2. The molecule has 2 N–H and O–H groups in total. The van der Waals surface area contributed by atoms with Crippen LogP contribution in [0.15, 0.2) is 54.6 Å². The van der Waals surface area contributed by atoms with Crippen LogP contribution in [-0.4, -0.2) is 22.0 Å². The van der Waals surface area contributed by atoms with E-state index in [0.717, 1.165) is 23.4 Å². The summed E-state index contributed by atoms with van der Waals surface area (Å²) in [6, 6.07) is 15.7. The lowest BCUT2D eigenvalue weighted by Gasteiger charge is -2.19. The Kier molecular flexibility index (Phi) is 8.14. The van der Waals surface area contributed by atoms with Gasteiger partial charge in [-0.05, 0) is 30.5 Å². The highest BCUT2D eigenvalue weighted by Gasteiger charge is 2.21. The first-order valence-corrected chi connectivity index (χ1v) is 11.4. The first kappa shape index (κ1) is 22.9. The summed E-state index contributed by atoms with van der Waals surface area (Å²) in [5.74, 6) is -0.241. The molecule has 31 heavy (non-hydrogen) atoms. The van der Waals surface area contributed by atoms with Gasteiger partial charge in [-0.15, -0.1) is 10.2 Å². The lowest BCUT2D eigenvalue weighted by atomic mass is 10.0. The van der Waals surface area contributed by atoms with E-state index in [4.69, 9.17) is 11.6 Å². The minimum Gasteiger partial charge on any atom is -0.345 e. The second-order valence-corrected chi connectivity index (χ2v) is 8.54. The Morgan fingerprint density at radius 2 is 1.68 bits per heavy atom. The van der Waals surface area contributed by atoms with E-state index in [1.54, 1.807) is 24.3 Å². The third-order valence-electron chi connectivity index (χ3n) is 5.04. The van der Waals surface area contributed by atoms with E-state index < -0.39 is 6.04 Å². The van der Waals surface area contributed by atoms with E-state index in [2.05, 4.69) is 34.7 Å². The van der Waals surface area contributed by atoms with Gasteiger partial charge in [0.05, 0.1) is 23.0 Å². The molecule has 0 aliphatic carbocycles. The van der Waals surface area contributed by atoms with E-state index >= 15 is 0 Å². The number of nitrogens with zero attached hydrogens (tertiary/aromatic N) is 2. The van der Waals surface area contributed by atoms with Crippen LogP contribution in [0.5, 0.6) is 0 Å². The molecule has 0 radical (unpaired) electrons.